The molecule has 154 valence electrons. The third kappa shape index (κ3) is 3.99. The lowest BCUT2D eigenvalue weighted by Crippen LogP contribution is -2.21. The van der Waals surface area contributed by atoms with Crippen LogP contribution in [0, 0.1) is 17.2 Å². The summed E-state index contributed by atoms with van der Waals surface area (Å²) in [6, 6.07) is 12.9. The Balaban J connectivity index is 1.65. The Morgan fingerprint density at radius 3 is 2.80 bits per heavy atom. The molecule has 3 aromatic rings. The number of benzene rings is 2. The first kappa shape index (κ1) is 20.2. The fraction of sp³-hybridized carbons (Fsp3) is 0.348. The van der Waals surface area contributed by atoms with Crippen LogP contribution in [-0.2, 0) is 4.74 Å². The number of aromatic nitrogens is 2. The van der Waals surface area contributed by atoms with Crippen LogP contribution in [-0.4, -0.2) is 29.5 Å². The third-order valence-electron chi connectivity index (χ3n) is 5.66. The largest absolute Gasteiger partial charge is 0.448 e. The highest BCUT2D eigenvalue weighted by atomic mass is 35.5. The van der Waals surface area contributed by atoms with Crippen LogP contribution in [0.1, 0.15) is 37.7 Å². The van der Waals surface area contributed by atoms with E-state index in [1.165, 1.54) is 23.9 Å². The van der Waals surface area contributed by atoms with Crippen LogP contribution in [0.15, 0.2) is 36.4 Å². The van der Waals surface area contributed by atoms with Gasteiger partial charge in [-0.1, -0.05) is 36.9 Å². The molecule has 0 bridgehead atoms. The van der Waals surface area contributed by atoms with Gasteiger partial charge in [0.2, 0.25) is 0 Å². The Morgan fingerprint density at radius 2 is 2.07 bits per heavy atom. The zero-order valence-corrected chi connectivity index (χ0v) is 17.6. The van der Waals surface area contributed by atoms with Gasteiger partial charge in [-0.05, 0) is 54.7 Å². The monoisotopic (exact) mass is 422 g/mol. The Morgan fingerprint density at radius 1 is 1.27 bits per heavy atom. The van der Waals surface area contributed by atoms with E-state index in [1.807, 2.05) is 18.2 Å². The number of carbonyl (C=O) groups excluding carboxylic acids is 1. The predicted octanol–water partition coefficient (Wildman–Crippen LogP) is 5.84. The van der Waals surface area contributed by atoms with E-state index >= 15 is 0 Å². The number of nitrogens with one attached hydrogen (secondary N) is 1. The van der Waals surface area contributed by atoms with Gasteiger partial charge in [-0.2, -0.15) is 9.94 Å². The Kier molecular flexibility index (Phi) is 5.91. The fourth-order valence-electron chi connectivity index (χ4n) is 4.03. The summed E-state index contributed by atoms with van der Waals surface area (Å²) in [5.74, 6) is 1.02. The maximum absolute atomic E-state index is 12.7. The van der Waals surface area contributed by atoms with Gasteiger partial charge < -0.3 is 10.1 Å². The molecule has 0 spiro atoms. The molecule has 0 unspecified atom stereocenters. The Bertz CT molecular complexity index is 1130. The van der Waals surface area contributed by atoms with Gasteiger partial charge in [-0.15, -0.1) is 5.10 Å². The lowest BCUT2D eigenvalue weighted by Gasteiger charge is -2.20. The molecule has 30 heavy (non-hydrogen) atoms. The van der Waals surface area contributed by atoms with Crippen LogP contribution in [0.4, 0.5) is 10.6 Å². The number of hydrogen-bond donors (Lipinski definition) is 1. The van der Waals surface area contributed by atoms with E-state index in [1.54, 1.807) is 25.2 Å². The molecule has 1 heterocycles. The molecule has 1 N–H and O–H groups in total. The molecule has 7 heteroatoms. The molecule has 4 rings (SSSR count). The molecule has 0 aliphatic heterocycles. The molecule has 6 nitrogen and oxygen atoms in total. The number of hydrogen-bond acceptors (Lipinski definition) is 5. The van der Waals surface area contributed by atoms with Gasteiger partial charge in [0.25, 0.3) is 0 Å². The Hall–Kier alpha value is -3.04. The summed E-state index contributed by atoms with van der Waals surface area (Å²) in [6.45, 7) is 0.434. The van der Waals surface area contributed by atoms with Crippen molar-refractivity contribution in [2.45, 2.75) is 32.1 Å². The summed E-state index contributed by atoms with van der Waals surface area (Å²) in [5.41, 5.74) is 2.79. The number of halogens is 1. The lowest BCUT2D eigenvalue weighted by atomic mass is 9.90. The Labute approximate surface area is 180 Å². The number of anilines is 1. The van der Waals surface area contributed by atoms with Crippen molar-refractivity contribution < 1.29 is 9.53 Å². The third-order valence-corrected chi connectivity index (χ3v) is 5.99. The second kappa shape index (κ2) is 8.76. The van der Waals surface area contributed by atoms with Gasteiger partial charge in [0.1, 0.15) is 0 Å². The van der Waals surface area contributed by atoms with Crippen molar-refractivity contribution in [3.8, 4) is 17.2 Å². The van der Waals surface area contributed by atoms with E-state index in [0.717, 1.165) is 29.4 Å². The summed E-state index contributed by atoms with van der Waals surface area (Å²) in [5, 5.41) is 18.0. The number of rotatable bonds is 4. The van der Waals surface area contributed by atoms with E-state index in [2.05, 4.69) is 16.5 Å². The average Bonchev–Trinajstić information content (AvgIpc) is 3.16. The topological polar surface area (TPSA) is 79.9 Å². The quantitative estimate of drug-likeness (QED) is 0.571. The van der Waals surface area contributed by atoms with E-state index in [4.69, 9.17) is 16.3 Å². The summed E-state index contributed by atoms with van der Waals surface area (Å²) in [7, 11) is 1.76. The van der Waals surface area contributed by atoms with Gasteiger partial charge in [0.15, 0.2) is 5.82 Å². The second-order valence-corrected chi connectivity index (χ2v) is 8.04. The summed E-state index contributed by atoms with van der Waals surface area (Å²) in [6.07, 6.45) is 5.43. The molecule has 0 radical (unpaired) electrons. The number of carbonyl (C=O) groups is 1. The molecule has 0 amide bonds. The van der Waals surface area contributed by atoms with Crippen LogP contribution in [0.25, 0.3) is 22.0 Å². The number of fused-ring (bicyclic) bond motifs is 1. The van der Waals surface area contributed by atoms with Crippen molar-refractivity contribution in [2.75, 3.05) is 19.0 Å². The van der Waals surface area contributed by atoms with Crippen molar-refractivity contribution in [1.29, 1.82) is 5.26 Å². The number of nitriles is 1. The van der Waals surface area contributed by atoms with Crippen molar-refractivity contribution in [3.05, 3.63) is 47.0 Å². The standard InChI is InChI=1S/C23H23ClN4O2/c1-26-22-19-12-17(18-11-16(13-25)7-9-20(18)24)8-10-21(19)28(27-22)23(29)30-14-15-5-3-2-4-6-15/h7-12,15H,2-6,14H2,1H3,(H,26,27). The minimum Gasteiger partial charge on any atom is -0.448 e. The molecule has 1 aliphatic carbocycles. The average molecular weight is 423 g/mol. The summed E-state index contributed by atoms with van der Waals surface area (Å²) >= 11 is 6.36. The van der Waals surface area contributed by atoms with Gasteiger partial charge in [-0.3, -0.25) is 0 Å². The van der Waals surface area contributed by atoms with E-state index in [9.17, 15) is 10.1 Å². The molecular weight excluding hydrogens is 400 g/mol. The second-order valence-electron chi connectivity index (χ2n) is 7.63. The van der Waals surface area contributed by atoms with Crippen LogP contribution < -0.4 is 5.32 Å². The summed E-state index contributed by atoms with van der Waals surface area (Å²) < 4.78 is 6.88. The maximum atomic E-state index is 12.7. The minimum absolute atomic E-state index is 0.434. The number of nitrogens with zero attached hydrogens (tertiary/aromatic N) is 3. The summed E-state index contributed by atoms with van der Waals surface area (Å²) in [4.78, 5) is 12.7. The molecular formula is C23H23ClN4O2. The number of ether oxygens (including phenoxy) is 1. The normalized spacial score (nSPS) is 14.4. The molecule has 1 aliphatic rings. The minimum atomic E-state index is -0.468. The van der Waals surface area contributed by atoms with Crippen molar-refractivity contribution >= 4 is 34.4 Å². The highest BCUT2D eigenvalue weighted by Crippen LogP contribution is 2.33. The predicted molar refractivity (Wildman–Crippen MR) is 118 cm³/mol. The lowest BCUT2D eigenvalue weighted by molar-refractivity contribution is 0.115. The SMILES string of the molecule is CNc1nn(C(=O)OCC2CCCCC2)c2ccc(-c3cc(C#N)ccc3Cl)cc12. The van der Waals surface area contributed by atoms with Crippen LogP contribution in [0.5, 0.6) is 0 Å². The highest BCUT2D eigenvalue weighted by Gasteiger charge is 2.20. The molecule has 2 aromatic carbocycles. The molecule has 1 fully saturated rings. The molecule has 0 atom stereocenters. The van der Waals surface area contributed by atoms with Gasteiger partial charge in [0, 0.05) is 23.0 Å². The molecule has 0 saturated heterocycles. The van der Waals surface area contributed by atoms with Gasteiger partial charge in [0.05, 0.1) is 23.8 Å². The zero-order valence-electron chi connectivity index (χ0n) is 16.8. The first-order valence-corrected chi connectivity index (χ1v) is 10.6. The van der Waals surface area contributed by atoms with Crippen LogP contribution in [0.2, 0.25) is 5.02 Å². The van der Waals surface area contributed by atoms with E-state index in [0.29, 0.717) is 34.4 Å². The fourth-order valence-corrected chi connectivity index (χ4v) is 4.26. The van der Waals surface area contributed by atoms with Crippen molar-refractivity contribution in [3.63, 3.8) is 0 Å². The van der Waals surface area contributed by atoms with Gasteiger partial charge >= 0.3 is 6.09 Å². The van der Waals surface area contributed by atoms with Crippen LogP contribution >= 0.6 is 11.6 Å². The van der Waals surface area contributed by atoms with Crippen molar-refractivity contribution in [1.82, 2.24) is 9.78 Å². The molecule has 1 aromatic heterocycles. The molecule has 1 saturated carbocycles. The van der Waals surface area contributed by atoms with E-state index < -0.39 is 6.09 Å². The zero-order chi connectivity index (χ0) is 21.1. The first-order valence-electron chi connectivity index (χ1n) is 10.2. The van der Waals surface area contributed by atoms with Gasteiger partial charge in [-0.25, -0.2) is 4.79 Å². The van der Waals surface area contributed by atoms with Crippen LogP contribution in [0.3, 0.4) is 0 Å². The van der Waals surface area contributed by atoms with E-state index in [-0.39, 0.29) is 0 Å². The first-order chi connectivity index (χ1) is 14.6. The van der Waals surface area contributed by atoms with Crippen molar-refractivity contribution in [2.24, 2.45) is 5.92 Å². The smallest absolute Gasteiger partial charge is 0.435 e. The highest BCUT2D eigenvalue weighted by molar-refractivity contribution is 6.33. The maximum Gasteiger partial charge on any atom is 0.435 e.